The third kappa shape index (κ3) is 4.08. The highest BCUT2D eigenvalue weighted by Gasteiger charge is 2.32. The lowest BCUT2D eigenvalue weighted by atomic mass is 9.83. The Balaban J connectivity index is 2.17. The molecule has 2 nitrogen and oxygen atoms in total. The fourth-order valence-corrected chi connectivity index (χ4v) is 3.68. The Morgan fingerprint density at radius 2 is 1.86 bits per heavy atom. The molecule has 1 aliphatic carbocycles. The van der Waals surface area contributed by atoms with Crippen LogP contribution >= 0.6 is 0 Å². The molecule has 2 rings (SSSR count). The molecule has 1 N–H and O–H groups in total. The van der Waals surface area contributed by atoms with E-state index in [1.54, 1.807) is 0 Å². The molecule has 0 spiro atoms. The summed E-state index contributed by atoms with van der Waals surface area (Å²) in [5.41, 5.74) is 1.41. The number of likely N-dealkylation sites (N-methyl/N-ethyl adjacent to an activating group) is 2. The van der Waals surface area contributed by atoms with Crippen molar-refractivity contribution in [2.45, 2.75) is 52.1 Å². The quantitative estimate of drug-likeness (QED) is 0.775. The van der Waals surface area contributed by atoms with Crippen molar-refractivity contribution in [1.82, 2.24) is 10.2 Å². The Morgan fingerprint density at radius 3 is 2.29 bits per heavy atom. The minimum Gasteiger partial charge on any atom is -0.312 e. The van der Waals surface area contributed by atoms with Gasteiger partial charge in [0.25, 0.3) is 0 Å². The van der Waals surface area contributed by atoms with Crippen molar-refractivity contribution in [3.05, 3.63) is 35.9 Å². The molecule has 0 heterocycles. The normalized spacial score (nSPS) is 18.8. The summed E-state index contributed by atoms with van der Waals surface area (Å²) in [6, 6.07) is 11.9. The zero-order valence-corrected chi connectivity index (χ0v) is 14.2. The first kappa shape index (κ1) is 16.5. The van der Waals surface area contributed by atoms with Crippen molar-refractivity contribution < 1.29 is 0 Å². The SMILES string of the molecule is CCN(CC1CCC1)C(C(C)C)C(NC)c1ccccc1. The largest absolute Gasteiger partial charge is 0.312 e. The van der Waals surface area contributed by atoms with Crippen molar-refractivity contribution in [3.8, 4) is 0 Å². The lowest BCUT2D eigenvalue weighted by molar-refractivity contribution is 0.0867. The molecule has 1 aliphatic rings. The predicted octanol–water partition coefficient (Wildman–Crippen LogP) is 4.09. The van der Waals surface area contributed by atoms with Crippen LogP contribution in [0.25, 0.3) is 0 Å². The van der Waals surface area contributed by atoms with E-state index in [1.165, 1.54) is 31.4 Å². The van der Waals surface area contributed by atoms with Gasteiger partial charge < -0.3 is 5.32 Å². The number of hydrogen-bond acceptors (Lipinski definition) is 2. The highest BCUT2D eigenvalue weighted by atomic mass is 15.2. The van der Waals surface area contributed by atoms with Gasteiger partial charge in [-0.2, -0.15) is 0 Å². The van der Waals surface area contributed by atoms with Crippen LogP contribution in [0.15, 0.2) is 30.3 Å². The van der Waals surface area contributed by atoms with Gasteiger partial charge in [0, 0.05) is 18.6 Å². The van der Waals surface area contributed by atoms with Crippen LogP contribution in [0.4, 0.5) is 0 Å². The molecule has 1 aromatic carbocycles. The molecule has 1 fully saturated rings. The lowest BCUT2D eigenvalue weighted by Crippen LogP contribution is -2.49. The van der Waals surface area contributed by atoms with E-state index in [1.807, 2.05) is 0 Å². The average molecular weight is 288 g/mol. The van der Waals surface area contributed by atoms with Crippen molar-refractivity contribution in [2.75, 3.05) is 20.1 Å². The Kier molecular flexibility index (Phi) is 6.25. The number of nitrogens with zero attached hydrogens (tertiary/aromatic N) is 1. The second-order valence-electron chi connectivity index (χ2n) is 6.80. The lowest BCUT2D eigenvalue weighted by Gasteiger charge is -2.42. The van der Waals surface area contributed by atoms with Crippen molar-refractivity contribution in [1.29, 1.82) is 0 Å². The van der Waals surface area contributed by atoms with Crippen LogP contribution in [0, 0.1) is 11.8 Å². The van der Waals surface area contributed by atoms with Gasteiger partial charge in [0.05, 0.1) is 0 Å². The van der Waals surface area contributed by atoms with E-state index in [9.17, 15) is 0 Å². The van der Waals surface area contributed by atoms with Gasteiger partial charge in [-0.05, 0) is 43.8 Å². The van der Waals surface area contributed by atoms with Gasteiger partial charge >= 0.3 is 0 Å². The van der Waals surface area contributed by atoms with Gasteiger partial charge in [0.2, 0.25) is 0 Å². The zero-order chi connectivity index (χ0) is 15.2. The van der Waals surface area contributed by atoms with Crippen LogP contribution in [0.5, 0.6) is 0 Å². The first-order chi connectivity index (χ1) is 10.2. The fourth-order valence-electron chi connectivity index (χ4n) is 3.68. The zero-order valence-electron chi connectivity index (χ0n) is 14.2. The van der Waals surface area contributed by atoms with Crippen molar-refractivity contribution in [2.24, 2.45) is 11.8 Å². The molecule has 2 unspecified atom stereocenters. The van der Waals surface area contributed by atoms with E-state index < -0.39 is 0 Å². The second kappa shape index (κ2) is 7.95. The summed E-state index contributed by atoms with van der Waals surface area (Å²) in [4.78, 5) is 2.71. The molecule has 1 aromatic rings. The molecule has 0 bridgehead atoms. The standard InChI is InChI=1S/C19H32N2/c1-5-21(14-16-10-9-11-16)19(15(2)3)18(20-4)17-12-7-6-8-13-17/h6-8,12-13,15-16,18-20H,5,9-11,14H2,1-4H3. The maximum atomic E-state index is 3.58. The van der Waals surface area contributed by atoms with Gasteiger partial charge in [-0.15, -0.1) is 0 Å². The van der Waals surface area contributed by atoms with Crippen LogP contribution in [-0.4, -0.2) is 31.1 Å². The summed E-state index contributed by atoms with van der Waals surface area (Å²) >= 11 is 0. The minimum atomic E-state index is 0.409. The average Bonchev–Trinajstić information content (AvgIpc) is 2.45. The molecule has 21 heavy (non-hydrogen) atoms. The van der Waals surface area contributed by atoms with Crippen LogP contribution in [-0.2, 0) is 0 Å². The second-order valence-corrected chi connectivity index (χ2v) is 6.80. The van der Waals surface area contributed by atoms with Crippen LogP contribution in [0.2, 0.25) is 0 Å². The predicted molar refractivity (Wildman–Crippen MR) is 91.5 cm³/mol. The van der Waals surface area contributed by atoms with Gasteiger partial charge in [0.1, 0.15) is 0 Å². The van der Waals surface area contributed by atoms with Crippen molar-refractivity contribution >= 4 is 0 Å². The number of hydrogen-bond donors (Lipinski definition) is 1. The third-order valence-corrected chi connectivity index (χ3v) is 5.04. The summed E-state index contributed by atoms with van der Waals surface area (Å²) in [7, 11) is 2.10. The van der Waals surface area contributed by atoms with Crippen LogP contribution in [0.3, 0.4) is 0 Å². The Hall–Kier alpha value is -0.860. The van der Waals surface area contributed by atoms with Crippen molar-refractivity contribution in [3.63, 3.8) is 0 Å². The Labute approximate surface area is 130 Å². The smallest absolute Gasteiger partial charge is 0.0478 e. The molecule has 2 atom stereocenters. The van der Waals surface area contributed by atoms with Gasteiger partial charge in [-0.1, -0.05) is 57.5 Å². The van der Waals surface area contributed by atoms with E-state index in [0.717, 1.165) is 12.5 Å². The molecule has 1 saturated carbocycles. The van der Waals surface area contributed by atoms with Gasteiger partial charge in [-0.25, -0.2) is 0 Å². The summed E-state index contributed by atoms with van der Waals surface area (Å²) in [6.45, 7) is 9.45. The molecule has 0 aliphatic heterocycles. The summed E-state index contributed by atoms with van der Waals surface area (Å²) in [6.07, 6.45) is 4.29. The molecule has 2 heteroatoms. The Morgan fingerprint density at radius 1 is 1.19 bits per heavy atom. The summed E-state index contributed by atoms with van der Waals surface area (Å²) in [5.74, 6) is 1.57. The molecular weight excluding hydrogens is 256 g/mol. The van der Waals surface area contributed by atoms with E-state index in [4.69, 9.17) is 0 Å². The van der Waals surface area contributed by atoms with E-state index >= 15 is 0 Å². The van der Waals surface area contributed by atoms with E-state index in [-0.39, 0.29) is 0 Å². The molecule has 0 radical (unpaired) electrons. The summed E-state index contributed by atoms with van der Waals surface area (Å²) < 4.78 is 0. The third-order valence-electron chi connectivity index (χ3n) is 5.04. The molecule has 0 amide bonds. The van der Waals surface area contributed by atoms with Crippen LogP contribution < -0.4 is 5.32 Å². The monoisotopic (exact) mass is 288 g/mol. The number of nitrogens with one attached hydrogen (secondary N) is 1. The van der Waals surface area contributed by atoms with Gasteiger partial charge in [0.15, 0.2) is 0 Å². The molecule has 0 aromatic heterocycles. The van der Waals surface area contributed by atoms with E-state index in [0.29, 0.717) is 18.0 Å². The number of benzene rings is 1. The fraction of sp³-hybridized carbons (Fsp3) is 0.684. The topological polar surface area (TPSA) is 15.3 Å². The minimum absolute atomic E-state index is 0.409. The number of rotatable bonds is 8. The Bertz CT molecular complexity index is 397. The first-order valence-electron chi connectivity index (χ1n) is 8.63. The molecular formula is C19H32N2. The summed E-state index contributed by atoms with van der Waals surface area (Å²) in [5, 5.41) is 3.58. The maximum absolute atomic E-state index is 3.58. The first-order valence-corrected chi connectivity index (χ1v) is 8.63. The van der Waals surface area contributed by atoms with Crippen LogP contribution in [0.1, 0.15) is 51.6 Å². The van der Waals surface area contributed by atoms with E-state index in [2.05, 4.69) is 68.4 Å². The molecule has 0 saturated heterocycles. The molecule has 118 valence electrons. The maximum Gasteiger partial charge on any atom is 0.0478 e. The highest BCUT2D eigenvalue weighted by molar-refractivity contribution is 5.21. The van der Waals surface area contributed by atoms with Gasteiger partial charge in [-0.3, -0.25) is 4.90 Å². The highest BCUT2D eigenvalue weighted by Crippen LogP contribution is 2.32.